The maximum absolute atomic E-state index is 12.5. The lowest BCUT2D eigenvalue weighted by Crippen LogP contribution is -2.15. The smallest absolute Gasteiger partial charge is 0.343 e. The van der Waals surface area contributed by atoms with Crippen molar-refractivity contribution in [1.82, 2.24) is 4.98 Å². The Kier molecular flexibility index (Phi) is 12.9. The number of aryl methyl sites for hydroxylation is 1. The summed E-state index contributed by atoms with van der Waals surface area (Å²) in [7, 11) is 0. The average Bonchev–Trinajstić information content (AvgIpc) is 2.91. The highest BCUT2D eigenvalue weighted by Gasteiger charge is 2.20. The van der Waals surface area contributed by atoms with Crippen molar-refractivity contribution in [2.75, 3.05) is 6.61 Å². The number of esters is 1. The van der Waals surface area contributed by atoms with Crippen molar-refractivity contribution in [3.05, 3.63) is 53.9 Å². The molecule has 0 atom stereocenters. The van der Waals surface area contributed by atoms with Gasteiger partial charge in [-0.25, -0.2) is 4.79 Å². The molecule has 4 heteroatoms. The Morgan fingerprint density at radius 2 is 1.42 bits per heavy atom. The summed E-state index contributed by atoms with van der Waals surface area (Å²) in [6.07, 6.45) is 21.0. The van der Waals surface area contributed by atoms with E-state index in [-0.39, 0.29) is 5.97 Å². The fourth-order valence-electron chi connectivity index (χ4n) is 5.21. The predicted octanol–water partition coefficient (Wildman–Crippen LogP) is 8.97. The highest BCUT2D eigenvalue weighted by Crippen LogP contribution is 2.34. The molecular weight excluding hydrogens is 446 g/mol. The van der Waals surface area contributed by atoms with Gasteiger partial charge in [0.2, 0.25) is 0 Å². The Morgan fingerprint density at radius 3 is 2.08 bits per heavy atom. The number of carbonyl (C=O) groups is 1. The van der Waals surface area contributed by atoms with Crippen molar-refractivity contribution < 1.29 is 14.3 Å². The van der Waals surface area contributed by atoms with E-state index in [4.69, 9.17) is 9.47 Å². The third-order valence-corrected chi connectivity index (χ3v) is 7.61. The summed E-state index contributed by atoms with van der Waals surface area (Å²) in [6, 6.07) is 11.0. The molecule has 0 bridgehead atoms. The van der Waals surface area contributed by atoms with Crippen LogP contribution < -0.4 is 9.47 Å². The Labute approximate surface area is 219 Å². The topological polar surface area (TPSA) is 48.4 Å². The number of hydrogen-bond acceptors (Lipinski definition) is 4. The van der Waals surface area contributed by atoms with E-state index in [1.54, 1.807) is 18.3 Å². The van der Waals surface area contributed by atoms with Gasteiger partial charge in [0.25, 0.3) is 0 Å². The molecule has 0 unspecified atom stereocenters. The number of unbranched alkanes of at least 4 members (excludes halogenated alkanes) is 6. The minimum atomic E-state index is -0.369. The molecule has 0 saturated heterocycles. The minimum absolute atomic E-state index is 0.369. The zero-order chi connectivity index (χ0) is 25.4. The fraction of sp³-hybridized carbons (Fsp3) is 0.625. The van der Waals surface area contributed by atoms with Gasteiger partial charge < -0.3 is 9.47 Å². The first kappa shape index (κ1) is 28.2. The molecule has 0 radical (unpaired) electrons. The fourth-order valence-corrected chi connectivity index (χ4v) is 5.21. The summed E-state index contributed by atoms with van der Waals surface area (Å²) in [4.78, 5) is 17.1. The summed E-state index contributed by atoms with van der Waals surface area (Å²) in [5.41, 5.74) is 1.59. The molecule has 1 aromatic carbocycles. The van der Waals surface area contributed by atoms with Crippen molar-refractivity contribution in [3.63, 3.8) is 0 Å². The summed E-state index contributed by atoms with van der Waals surface area (Å²) in [5.74, 6) is 2.71. The van der Waals surface area contributed by atoms with Gasteiger partial charge in [-0.1, -0.05) is 90.9 Å². The largest absolute Gasteiger partial charge is 0.494 e. The molecule has 1 heterocycles. The van der Waals surface area contributed by atoms with Gasteiger partial charge in [0.1, 0.15) is 11.5 Å². The third kappa shape index (κ3) is 10.3. The van der Waals surface area contributed by atoms with E-state index in [1.807, 2.05) is 24.3 Å². The number of hydrogen-bond donors (Lipinski definition) is 0. The zero-order valence-corrected chi connectivity index (χ0v) is 22.7. The SMILES string of the molecule is CCCCCCCOc1ccc(C(=O)Oc2ccc(CCC3CCC(CCCCC)CC3)nc2)cc1. The summed E-state index contributed by atoms with van der Waals surface area (Å²) >= 11 is 0. The second kappa shape index (κ2) is 16.4. The quantitative estimate of drug-likeness (QED) is 0.173. The molecule has 1 fully saturated rings. The van der Waals surface area contributed by atoms with Gasteiger partial charge in [0.15, 0.2) is 0 Å². The standard InChI is InChI=1S/C32H47NO3/c1-3-5-7-8-10-24-35-30-21-17-28(18-22-30)32(34)36-31-23-20-29(33-25-31)19-16-27-14-12-26(13-15-27)11-9-6-4-2/h17-18,20-23,25-27H,3-16,19,24H2,1-2H3. The molecular formula is C32H47NO3. The van der Waals surface area contributed by atoms with Crippen LogP contribution in [0.4, 0.5) is 0 Å². The molecule has 1 aromatic heterocycles. The van der Waals surface area contributed by atoms with Gasteiger partial charge in [-0.15, -0.1) is 0 Å². The maximum atomic E-state index is 12.5. The van der Waals surface area contributed by atoms with Crippen molar-refractivity contribution in [2.24, 2.45) is 11.8 Å². The van der Waals surface area contributed by atoms with E-state index in [0.717, 1.165) is 36.1 Å². The molecule has 4 nitrogen and oxygen atoms in total. The number of benzene rings is 1. The van der Waals surface area contributed by atoms with Gasteiger partial charge >= 0.3 is 5.97 Å². The van der Waals surface area contributed by atoms with Crippen molar-refractivity contribution in [1.29, 1.82) is 0 Å². The van der Waals surface area contributed by atoms with E-state index in [9.17, 15) is 4.79 Å². The first-order valence-corrected chi connectivity index (χ1v) is 14.6. The molecule has 0 N–H and O–H groups in total. The molecule has 0 amide bonds. The lowest BCUT2D eigenvalue weighted by Gasteiger charge is -2.28. The number of carbonyl (C=O) groups excluding carboxylic acids is 1. The highest BCUT2D eigenvalue weighted by molar-refractivity contribution is 5.91. The van der Waals surface area contributed by atoms with E-state index in [0.29, 0.717) is 17.9 Å². The predicted molar refractivity (Wildman–Crippen MR) is 148 cm³/mol. The van der Waals surface area contributed by atoms with E-state index in [2.05, 4.69) is 18.8 Å². The van der Waals surface area contributed by atoms with Crippen LogP contribution in [0.5, 0.6) is 11.5 Å². The molecule has 0 spiro atoms. The molecule has 0 aliphatic heterocycles. The van der Waals surface area contributed by atoms with Crippen LogP contribution in [0, 0.1) is 11.8 Å². The second-order valence-electron chi connectivity index (χ2n) is 10.6. The molecule has 198 valence electrons. The number of rotatable bonds is 16. The average molecular weight is 494 g/mol. The first-order valence-electron chi connectivity index (χ1n) is 14.6. The minimum Gasteiger partial charge on any atom is -0.494 e. The monoisotopic (exact) mass is 493 g/mol. The lowest BCUT2D eigenvalue weighted by atomic mass is 9.78. The number of nitrogens with zero attached hydrogens (tertiary/aromatic N) is 1. The molecule has 1 aliphatic carbocycles. The van der Waals surface area contributed by atoms with Gasteiger partial charge in [0, 0.05) is 5.69 Å². The van der Waals surface area contributed by atoms with E-state index >= 15 is 0 Å². The van der Waals surface area contributed by atoms with Crippen molar-refractivity contribution >= 4 is 5.97 Å². The van der Waals surface area contributed by atoms with Crippen molar-refractivity contribution in [3.8, 4) is 11.5 Å². The number of pyridine rings is 1. The Morgan fingerprint density at radius 1 is 0.778 bits per heavy atom. The van der Waals surface area contributed by atoms with Crippen LogP contribution in [0.25, 0.3) is 0 Å². The van der Waals surface area contributed by atoms with Crippen LogP contribution in [-0.4, -0.2) is 17.6 Å². The molecule has 2 aromatic rings. The zero-order valence-electron chi connectivity index (χ0n) is 22.7. The van der Waals surface area contributed by atoms with Gasteiger partial charge in [-0.2, -0.15) is 0 Å². The van der Waals surface area contributed by atoms with E-state index < -0.39 is 0 Å². The van der Waals surface area contributed by atoms with Crippen LogP contribution in [0.2, 0.25) is 0 Å². The summed E-state index contributed by atoms with van der Waals surface area (Å²) < 4.78 is 11.3. The van der Waals surface area contributed by atoms with Gasteiger partial charge in [0.05, 0.1) is 18.4 Å². The van der Waals surface area contributed by atoms with Crippen molar-refractivity contribution in [2.45, 2.75) is 110 Å². The summed E-state index contributed by atoms with van der Waals surface area (Å²) in [5, 5.41) is 0. The van der Waals surface area contributed by atoms with Crippen LogP contribution in [0.15, 0.2) is 42.6 Å². The maximum Gasteiger partial charge on any atom is 0.343 e. The Hall–Kier alpha value is -2.36. The second-order valence-corrected chi connectivity index (χ2v) is 10.6. The molecule has 1 aliphatic rings. The van der Waals surface area contributed by atoms with Gasteiger partial charge in [-0.05, 0) is 67.5 Å². The van der Waals surface area contributed by atoms with Gasteiger partial charge in [-0.3, -0.25) is 4.98 Å². The lowest BCUT2D eigenvalue weighted by molar-refractivity contribution is 0.0734. The normalized spacial score (nSPS) is 17.6. The van der Waals surface area contributed by atoms with Crippen LogP contribution in [0.3, 0.4) is 0 Å². The number of aromatic nitrogens is 1. The third-order valence-electron chi connectivity index (χ3n) is 7.61. The first-order chi connectivity index (χ1) is 17.7. The molecule has 3 rings (SSSR count). The summed E-state index contributed by atoms with van der Waals surface area (Å²) in [6.45, 7) is 5.22. The van der Waals surface area contributed by atoms with Crippen LogP contribution in [0.1, 0.15) is 120 Å². The van der Waals surface area contributed by atoms with Crippen LogP contribution in [-0.2, 0) is 6.42 Å². The Bertz CT molecular complexity index is 854. The molecule has 1 saturated carbocycles. The van der Waals surface area contributed by atoms with Crippen LogP contribution >= 0.6 is 0 Å². The Balaban J connectivity index is 1.34. The van der Waals surface area contributed by atoms with E-state index in [1.165, 1.54) is 83.5 Å². The molecule has 36 heavy (non-hydrogen) atoms. The highest BCUT2D eigenvalue weighted by atomic mass is 16.5. The number of ether oxygens (including phenoxy) is 2.